The minimum absolute atomic E-state index is 0.157. The molecule has 0 spiro atoms. The Balaban J connectivity index is 2.48. The Morgan fingerprint density at radius 3 is 2.47 bits per heavy atom. The molecule has 0 bridgehead atoms. The minimum atomic E-state index is -0.213. The molecule has 0 amide bonds. The normalized spacial score (nSPS) is 12.7. The van der Waals surface area contributed by atoms with E-state index >= 15 is 0 Å². The summed E-state index contributed by atoms with van der Waals surface area (Å²) < 4.78 is 16.9. The summed E-state index contributed by atoms with van der Waals surface area (Å²) in [5, 5.41) is 3.33. The van der Waals surface area contributed by atoms with E-state index in [1.165, 1.54) is 6.07 Å². The SMILES string of the molecule is CCNC(c1ccc(Br)cc1F)c1cc(Br)sc1Br. The monoisotopic (exact) mass is 469 g/mol. The lowest BCUT2D eigenvalue weighted by Crippen LogP contribution is -2.22. The van der Waals surface area contributed by atoms with Crippen LogP contribution in [0.2, 0.25) is 0 Å². The molecule has 0 radical (unpaired) electrons. The van der Waals surface area contributed by atoms with Crippen LogP contribution in [0.1, 0.15) is 24.1 Å². The summed E-state index contributed by atoms with van der Waals surface area (Å²) in [6.45, 7) is 2.78. The molecule has 0 aliphatic heterocycles. The molecule has 1 heterocycles. The van der Waals surface area contributed by atoms with Gasteiger partial charge >= 0.3 is 0 Å². The van der Waals surface area contributed by atoms with E-state index in [0.717, 1.165) is 24.2 Å². The van der Waals surface area contributed by atoms with Gasteiger partial charge in [-0.25, -0.2) is 4.39 Å². The zero-order chi connectivity index (χ0) is 14.0. The van der Waals surface area contributed by atoms with Crippen LogP contribution in [0.5, 0.6) is 0 Å². The number of rotatable bonds is 4. The second-order valence-electron chi connectivity index (χ2n) is 3.94. The second-order valence-corrected chi connectivity index (χ2v) is 8.60. The summed E-state index contributed by atoms with van der Waals surface area (Å²) in [6.07, 6.45) is 0. The largest absolute Gasteiger partial charge is 0.306 e. The van der Waals surface area contributed by atoms with Crippen LogP contribution in [0.3, 0.4) is 0 Å². The van der Waals surface area contributed by atoms with Crippen molar-refractivity contribution in [3.8, 4) is 0 Å². The maximum Gasteiger partial charge on any atom is 0.129 e. The molecule has 0 saturated heterocycles. The Morgan fingerprint density at radius 2 is 1.95 bits per heavy atom. The predicted octanol–water partition coefficient (Wildman–Crippen LogP) is 5.87. The van der Waals surface area contributed by atoms with Crippen molar-refractivity contribution in [2.24, 2.45) is 0 Å². The first kappa shape index (κ1) is 15.6. The number of thiophene rings is 1. The fraction of sp³-hybridized carbons (Fsp3) is 0.231. The Kier molecular flexibility index (Phi) is 5.60. The lowest BCUT2D eigenvalue weighted by atomic mass is 10.0. The first-order valence-electron chi connectivity index (χ1n) is 5.66. The maximum atomic E-state index is 14.2. The van der Waals surface area contributed by atoms with E-state index in [2.05, 4.69) is 53.1 Å². The summed E-state index contributed by atoms with van der Waals surface area (Å²) in [5.41, 5.74) is 1.69. The Morgan fingerprint density at radius 1 is 1.21 bits per heavy atom. The highest BCUT2D eigenvalue weighted by atomic mass is 79.9. The van der Waals surface area contributed by atoms with Crippen molar-refractivity contribution in [2.45, 2.75) is 13.0 Å². The number of hydrogen-bond acceptors (Lipinski definition) is 2. The van der Waals surface area contributed by atoms with Gasteiger partial charge in [-0.05, 0) is 62.2 Å². The summed E-state index contributed by atoms with van der Waals surface area (Å²) in [5.74, 6) is -0.213. The number of hydrogen-bond donors (Lipinski definition) is 1. The highest BCUT2D eigenvalue weighted by Crippen LogP contribution is 2.38. The predicted molar refractivity (Wildman–Crippen MR) is 89.3 cm³/mol. The molecule has 1 aromatic carbocycles. The molecule has 102 valence electrons. The van der Waals surface area contributed by atoms with Gasteiger partial charge in [-0.15, -0.1) is 11.3 Å². The fourth-order valence-corrected chi connectivity index (χ4v) is 5.11. The summed E-state index contributed by atoms with van der Waals surface area (Å²) in [4.78, 5) is 0. The van der Waals surface area contributed by atoms with E-state index in [4.69, 9.17) is 0 Å². The molecule has 1 atom stereocenters. The molecule has 6 heteroatoms. The van der Waals surface area contributed by atoms with E-state index in [-0.39, 0.29) is 11.9 Å². The first-order chi connectivity index (χ1) is 9.02. The quantitative estimate of drug-likeness (QED) is 0.587. The molecule has 0 aliphatic carbocycles. The standard InChI is InChI=1S/C13H11Br3FNS/c1-2-18-12(9-6-11(15)19-13(9)16)8-4-3-7(14)5-10(8)17/h3-6,12,18H,2H2,1H3. The number of halogens is 4. The van der Waals surface area contributed by atoms with Crippen molar-refractivity contribution >= 4 is 59.1 Å². The topological polar surface area (TPSA) is 12.0 Å². The smallest absolute Gasteiger partial charge is 0.129 e. The zero-order valence-corrected chi connectivity index (χ0v) is 15.6. The molecule has 0 aliphatic rings. The van der Waals surface area contributed by atoms with E-state index in [9.17, 15) is 4.39 Å². The summed E-state index contributed by atoms with van der Waals surface area (Å²) in [6, 6.07) is 7.02. The third kappa shape index (κ3) is 3.67. The molecule has 19 heavy (non-hydrogen) atoms. The van der Waals surface area contributed by atoms with E-state index in [1.807, 2.05) is 25.1 Å². The van der Waals surface area contributed by atoms with Crippen molar-refractivity contribution < 1.29 is 4.39 Å². The van der Waals surface area contributed by atoms with Gasteiger partial charge in [0.2, 0.25) is 0 Å². The fourth-order valence-electron chi connectivity index (χ4n) is 1.88. The average molecular weight is 472 g/mol. The molecule has 1 aromatic heterocycles. The van der Waals surface area contributed by atoms with E-state index < -0.39 is 0 Å². The molecule has 2 rings (SSSR count). The van der Waals surface area contributed by atoms with E-state index in [1.54, 1.807) is 11.3 Å². The van der Waals surface area contributed by atoms with Crippen LogP contribution in [0.25, 0.3) is 0 Å². The van der Waals surface area contributed by atoms with Crippen LogP contribution in [0, 0.1) is 5.82 Å². The van der Waals surface area contributed by atoms with Gasteiger partial charge in [0.05, 0.1) is 13.6 Å². The molecule has 1 nitrogen and oxygen atoms in total. The minimum Gasteiger partial charge on any atom is -0.306 e. The summed E-state index contributed by atoms with van der Waals surface area (Å²) in [7, 11) is 0. The lowest BCUT2D eigenvalue weighted by Gasteiger charge is -2.19. The lowest BCUT2D eigenvalue weighted by molar-refractivity contribution is 0.558. The maximum absolute atomic E-state index is 14.2. The molecular weight excluding hydrogens is 461 g/mol. The zero-order valence-electron chi connectivity index (χ0n) is 10.0. The third-order valence-corrected chi connectivity index (χ3v) is 5.55. The molecule has 1 N–H and O–H groups in total. The highest BCUT2D eigenvalue weighted by molar-refractivity contribution is 9.12. The van der Waals surface area contributed by atoms with E-state index in [0.29, 0.717) is 5.56 Å². The second kappa shape index (κ2) is 6.80. The molecular formula is C13H11Br3FNS. The van der Waals surface area contributed by atoms with Gasteiger partial charge in [-0.1, -0.05) is 28.9 Å². The van der Waals surface area contributed by atoms with Gasteiger partial charge in [0, 0.05) is 10.0 Å². The van der Waals surface area contributed by atoms with Crippen molar-refractivity contribution in [2.75, 3.05) is 6.54 Å². The van der Waals surface area contributed by atoms with Gasteiger partial charge in [0.1, 0.15) is 5.82 Å². The van der Waals surface area contributed by atoms with Crippen molar-refractivity contribution in [1.29, 1.82) is 0 Å². The van der Waals surface area contributed by atoms with Crippen LogP contribution in [0.15, 0.2) is 36.3 Å². The van der Waals surface area contributed by atoms with Gasteiger partial charge in [-0.2, -0.15) is 0 Å². The van der Waals surface area contributed by atoms with Gasteiger partial charge in [0.25, 0.3) is 0 Å². The number of benzene rings is 1. The highest BCUT2D eigenvalue weighted by Gasteiger charge is 2.21. The van der Waals surface area contributed by atoms with Gasteiger partial charge in [0.15, 0.2) is 0 Å². The van der Waals surface area contributed by atoms with Crippen LogP contribution in [-0.2, 0) is 0 Å². The Labute approximate surface area is 141 Å². The third-order valence-electron chi connectivity index (χ3n) is 2.68. The number of nitrogens with one attached hydrogen (secondary N) is 1. The van der Waals surface area contributed by atoms with Crippen LogP contribution in [0.4, 0.5) is 4.39 Å². The van der Waals surface area contributed by atoms with Gasteiger partial charge < -0.3 is 5.32 Å². The average Bonchev–Trinajstić information content (AvgIpc) is 2.66. The molecule has 2 aromatic rings. The van der Waals surface area contributed by atoms with Crippen LogP contribution < -0.4 is 5.32 Å². The molecule has 1 unspecified atom stereocenters. The van der Waals surface area contributed by atoms with Crippen LogP contribution >= 0.6 is 59.1 Å². The Hall–Kier alpha value is 0.250. The van der Waals surface area contributed by atoms with Crippen molar-refractivity contribution in [1.82, 2.24) is 5.32 Å². The first-order valence-corrected chi connectivity index (χ1v) is 8.85. The molecule has 0 saturated carbocycles. The molecule has 0 fully saturated rings. The van der Waals surface area contributed by atoms with Crippen LogP contribution in [-0.4, -0.2) is 6.54 Å². The van der Waals surface area contributed by atoms with Crippen molar-refractivity contribution in [3.05, 3.63) is 53.3 Å². The van der Waals surface area contributed by atoms with Gasteiger partial charge in [-0.3, -0.25) is 0 Å². The summed E-state index contributed by atoms with van der Waals surface area (Å²) >= 11 is 11.9. The van der Waals surface area contributed by atoms with Crippen molar-refractivity contribution in [3.63, 3.8) is 0 Å². The Bertz CT molecular complexity index is 585.